The molecule has 0 atom stereocenters. The van der Waals surface area contributed by atoms with E-state index in [0.29, 0.717) is 23.0 Å². The molecule has 2 aromatic rings. The predicted octanol–water partition coefficient (Wildman–Crippen LogP) is 5.37. The van der Waals surface area contributed by atoms with Gasteiger partial charge < -0.3 is 16.0 Å². The molecule has 0 fully saturated rings. The highest BCUT2D eigenvalue weighted by atomic mass is 32.1. The van der Waals surface area contributed by atoms with E-state index in [-0.39, 0.29) is 11.3 Å². The lowest BCUT2D eigenvalue weighted by atomic mass is 9.98. The summed E-state index contributed by atoms with van der Waals surface area (Å²) in [5.74, 6) is 0. The van der Waals surface area contributed by atoms with Crippen molar-refractivity contribution in [2.24, 2.45) is 0 Å². The van der Waals surface area contributed by atoms with Gasteiger partial charge in [0.05, 0.1) is 5.57 Å². The molecule has 2 aromatic carbocycles. The van der Waals surface area contributed by atoms with E-state index in [0.717, 1.165) is 11.6 Å². The summed E-state index contributed by atoms with van der Waals surface area (Å²) >= 11 is 5.25. The van der Waals surface area contributed by atoms with E-state index in [1.54, 1.807) is 12.1 Å². The highest BCUT2D eigenvalue weighted by molar-refractivity contribution is 7.80. The van der Waals surface area contributed by atoms with Crippen LogP contribution in [0.25, 0.3) is 5.57 Å². The number of nitrogens with one attached hydrogen (secondary N) is 3. The molecule has 0 saturated carbocycles. The third-order valence-corrected chi connectivity index (χ3v) is 4.31. The Labute approximate surface area is 161 Å². The Morgan fingerprint density at radius 2 is 1.85 bits per heavy atom. The van der Waals surface area contributed by atoms with Crippen LogP contribution < -0.4 is 16.0 Å². The first kappa shape index (κ1) is 19.0. The van der Waals surface area contributed by atoms with Crippen LogP contribution in [0.2, 0.25) is 0 Å². The Kier molecular flexibility index (Phi) is 5.23. The number of hydrogen-bond acceptors (Lipinski definition) is 2. The molecular weight excluding hydrogens is 371 g/mol. The van der Waals surface area contributed by atoms with Crippen molar-refractivity contribution in [3.63, 3.8) is 0 Å². The quantitative estimate of drug-likeness (QED) is 0.617. The number of hydrogen-bond donors (Lipinski definition) is 3. The van der Waals surface area contributed by atoms with Gasteiger partial charge in [-0.2, -0.15) is 13.2 Å². The van der Waals surface area contributed by atoms with E-state index in [9.17, 15) is 13.2 Å². The molecule has 0 spiro atoms. The van der Waals surface area contributed by atoms with Gasteiger partial charge in [-0.3, -0.25) is 0 Å². The molecule has 27 heavy (non-hydrogen) atoms. The molecule has 0 bridgehead atoms. The minimum atomic E-state index is -4.47. The molecule has 7 heteroatoms. The minimum absolute atomic E-state index is 0.0567. The largest absolute Gasteiger partial charge is 0.417 e. The first-order chi connectivity index (χ1) is 12.7. The molecule has 3 nitrogen and oxygen atoms in total. The normalized spacial score (nSPS) is 13.3. The van der Waals surface area contributed by atoms with Crippen molar-refractivity contribution in [1.82, 2.24) is 5.32 Å². The molecule has 140 valence electrons. The van der Waals surface area contributed by atoms with Crippen molar-refractivity contribution in [3.8, 4) is 0 Å². The second-order valence-electron chi connectivity index (χ2n) is 6.26. The van der Waals surface area contributed by atoms with E-state index in [1.807, 2.05) is 31.2 Å². The van der Waals surface area contributed by atoms with Crippen LogP contribution in [-0.4, -0.2) is 11.3 Å². The van der Waals surface area contributed by atoms with Gasteiger partial charge in [-0.05, 0) is 49.0 Å². The predicted molar refractivity (Wildman–Crippen MR) is 107 cm³/mol. The molecule has 0 radical (unpaired) electrons. The van der Waals surface area contributed by atoms with Crippen LogP contribution in [0.1, 0.15) is 16.7 Å². The Morgan fingerprint density at radius 3 is 2.52 bits per heavy atom. The van der Waals surface area contributed by atoms with Crippen LogP contribution in [0.15, 0.2) is 60.8 Å². The average molecular weight is 389 g/mol. The summed E-state index contributed by atoms with van der Waals surface area (Å²) in [5, 5.41) is 9.16. The lowest BCUT2D eigenvalue weighted by Crippen LogP contribution is -2.28. The van der Waals surface area contributed by atoms with Crippen LogP contribution in [-0.2, 0) is 6.54 Å². The van der Waals surface area contributed by atoms with Crippen LogP contribution in [0.4, 0.5) is 24.5 Å². The Morgan fingerprint density at radius 1 is 1.15 bits per heavy atom. The summed E-state index contributed by atoms with van der Waals surface area (Å²) in [5.41, 5.74) is 2.58. The number of fused-ring (bicyclic) bond motifs is 1. The van der Waals surface area contributed by atoms with Crippen LogP contribution in [0.5, 0.6) is 0 Å². The third kappa shape index (κ3) is 4.68. The summed E-state index contributed by atoms with van der Waals surface area (Å²) in [6, 6.07) is 12.6. The van der Waals surface area contributed by atoms with Crippen molar-refractivity contribution in [2.75, 3.05) is 10.6 Å². The lowest BCUT2D eigenvalue weighted by molar-refractivity contribution is -0.0689. The Bertz CT molecular complexity index is 915. The molecule has 0 amide bonds. The molecule has 1 heterocycles. The van der Waals surface area contributed by atoms with Crippen molar-refractivity contribution in [3.05, 3.63) is 77.5 Å². The number of thiocarbonyl (C=S) groups is 1. The maximum atomic E-state index is 13.3. The van der Waals surface area contributed by atoms with Gasteiger partial charge in [0.25, 0.3) is 0 Å². The Hall–Kier alpha value is -2.80. The Balaban J connectivity index is 1.72. The topological polar surface area (TPSA) is 36.1 Å². The molecule has 3 N–H and O–H groups in total. The lowest BCUT2D eigenvalue weighted by Gasteiger charge is -2.23. The van der Waals surface area contributed by atoms with Crippen molar-refractivity contribution < 1.29 is 13.2 Å². The second kappa shape index (κ2) is 7.44. The van der Waals surface area contributed by atoms with Gasteiger partial charge in [0.1, 0.15) is 0 Å². The van der Waals surface area contributed by atoms with Crippen LogP contribution >= 0.6 is 12.2 Å². The molecule has 0 aliphatic carbocycles. The molecular formula is C20H18F3N3S. The molecule has 1 aliphatic heterocycles. The highest BCUT2D eigenvalue weighted by Crippen LogP contribution is 2.41. The zero-order valence-corrected chi connectivity index (χ0v) is 15.4. The third-order valence-electron chi connectivity index (χ3n) is 4.06. The molecule has 0 aromatic heterocycles. The van der Waals surface area contributed by atoms with E-state index < -0.39 is 11.7 Å². The first-order valence-electron chi connectivity index (χ1n) is 8.22. The first-order valence-corrected chi connectivity index (χ1v) is 8.63. The smallest absolute Gasteiger partial charge is 0.358 e. The van der Waals surface area contributed by atoms with E-state index in [2.05, 4.69) is 22.5 Å². The van der Waals surface area contributed by atoms with Gasteiger partial charge in [-0.15, -0.1) is 0 Å². The fraction of sp³-hybridized carbons (Fsp3) is 0.150. The fourth-order valence-electron chi connectivity index (χ4n) is 2.71. The van der Waals surface area contributed by atoms with Gasteiger partial charge in [-0.1, -0.05) is 36.4 Å². The SMILES string of the molecule is C=C1C=C(C(F)(F)F)c2cc(NC(=S)NCc3ccc(C)cc3)ccc2N1. The number of rotatable bonds is 3. The summed E-state index contributed by atoms with van der Waals surface area (Å²) in [4.78, 5) is 0. The highest BCUT2D eigenvalue weighted by Gasteiger charge is 2.37. The number of allylic oxidation sites excluding steroid dienone is 2. The maximum absolute atomic E-state index is 13.3. The van der Waals surface area contributed by atoms with Gasteiger partial charge in [0.15, 0.2) is 5.11 Å². The standard InChI is InChI=1S/C20H18F3N3S/c1-12-3-5-14(6-4-12)11-24-19(27)26-15-7-8-18-16(10-15)17(20(21,22)23)9-13(2)25-18/h3-10,25H,2,11H2,1H3,(H2,24,26,27). The number of halogens is 3. The average Bonchev–Trinajstić information content (AvgIpc) is 2.60. The summed E-state index contributed by atoms with van der Waals surface area (Å²) < 4.78 is 40.0. The van der Waals surface area contributed by atoms with E-state index in [4.69, 9.17) is 12.2 Å². The molecule has 3 rings (SSSR count). The monoisotopic (exact) mass is 389 g/mol. The van der Waals surface area contributed by atoms with Gasteiger partial charge in [0, 0.05) is 29.2 Å². The summed E-state index contributed by atoms with van der Waals surface area (Å²) in [6.45, 7) is 6.10. The van der Waals surface area contributed by atoms with Gasteiger partial charge in [-0.25, -0.2) is 0 Å². The van der Waals surface area contributed by atoms with Gasteiger partial charge in [0.2, 0.25) is 0 Å². The van der Waals surface area contributed by atoms with Crippen LogP contribution in [0, 0.1) is 6.92 Å². The number of aryl methyl sites for hydroxylation is 1. The zero-order chi connectivity index (χ0) is 19.6. The zero-order valence-electron chi connectivity index (χ0n) is 14.6. The number of alkyl halides is 3. The van der Waals surface area contributed by atoms with Crippen molar-refractivity contribution >= 4 is 34.3 Å². The van der Waals surface area contributed by atoms with Crippen LogP contribution in [0.3, 0.4) is 0 Å². The molecule has 0 unspecified atom stereocenters. The fourth-order valence-corrected chi connectivity index (χ4v) is 2.90. The minimum Gasteiger partial charge on any atom is -0.358 e. The van der Waals surface area contributed by atoms with Crippen molar-refractivity contribution in [2.45, 2.75) is 19.6 Å². The summed E-state index contributed by atoms with van der Waals surface area (Å²) in [7, 11) is 0. The number of anilines is 2. The summed E-state index contributed by atoms with van der Waals surface area (Å²) in [6.07, 6.45) is -3.47. The van der Waals surface area contributed by atoms with Gasteiger partial charge >= 0.3 is 6.18 Å². The van der Waals surface area contributed by atoms with E-state index >= 15 is 0 Å². The second-order valence-corrected chi connectivity index (χ2v) is 6.67. The maximum Gasteiger partial charge on any atom is 0.417 e. The molecule has 1 aliphatic rings. The number of benzene rings is 2. The van der Waals surface area contributed by atoms with Crippen molar-refractivity contribution in [1.29, 1.82) is 0 Å². The molecule has 0 saturated heterocycles. The van der Waals surface area contributed by atoms with E-state index in [1.165, 1.54) is 11.6 Å².